The highest BCUT2D eigenvalue weighted by Gasteiger charge is 2.20. The summed E-state index contributed by atoms with van der Waals surface area (Å²) < 4.78 is 0. The monoisotopic (exact) mass is 283 g/mol. The molecule has 0 aliphatic heterocycles. The van der Waals surface area contributed by atoms with E-state index < -0.39 is 0 Å². The highest BCUT2D eigenvalue weighted by molar-refractivity contribution is 6.30. The summed E-state index contributed by atoms with van der Waals surface area (Å²) in [5.41, 5.74) is 0.822. The minimum absolute atomic E-state index is 0.0998. The first kappa shape index (κ1) is 16.2. The van der Waals surface area contributed by atoms with Gasteiger partial charge in [-0.25, -0.2) is 9.97 Å². The van der Waals surface area contributed by atoms with Crippen LogP contribution in [0, 0.1) is 18.8 Å². The fourth-order valence-corrected chi connectivity index (χ4v) is 1.66. The number of hydrogen-bond acceptors (Lipinski definition) is 3. The Hall–Kier alpha value is -0.830. The molecule has 1 atom stereocenters. The summed E-state index contributed by atoms with van der Waals surface area (Å²) in [6.07, 6.45) is 0. The van der Waals surface area contributed by atoms with Gasteiger partial charge in [0.1, 0.15) is 16.8 Å². The standard InChI is InChI=1S/C15H26ClN3/c1-9(2)10(3)8-17-13-11(4)12(16)18-14(19-13)15(5,6)7/h9-10H,8H2,1-7H3,(H,17,18,19). The second-order valence-electron chi connectivity index (χ2n) is 6.66. The van der Waals surface area contributed by atoms with Crippen molar-refractivity contribution in [2.24, 2.45) is 11.8 Å². The minimum atomic E-state index is -0.0998. The molecule has 4 heteroatoms. The summed E-state index contributed by atoms with van der Waals surface area (Å²) in [4.78, 5) is 9.01. The molecule has 1 aromatic heterocycles. The van der Waals surface area contributed by atoms with E-state index in [1.165, 1.54) is 0 Å². The molecule has 0 amide bonds. The van der Waals surface area contributed by atoms with Crippen LogP contribution in [0.3, 0.4) is 0 Å². The number of nitrogens with one attached hydrogen (secondary N) is 1. The number of nitrogens with zero attached hydrogens (tertiary/aromatic N) is 2. The van der Waals surface area contributed by atoms with Gasteiger partial charge in [0.2, 0.25) is 0 Å². The lowest BCUT2D eigenvalue weighted by Gasteiger charge is -2.21. The number of hydrogen-bond donors (Lipinski definition) is 1. The second kappa shape index (κ2) is 6.08. The molecule has 1 aromatic rings. The molecule has 0 aliphatic carbocycles. The summed E-state index contributed by atoms with van der Waals surface area (Å²) >= 11 is 6.21. The first-order valence-electron chi connectivity index (χ1n) is 6.91. The third-order valence-corrected chi connectivity index (χ3v) is 3.85. The first-order chi connectivity index (χ1) is 8.62. The Bertz CT molecular complexity index is 436. The van der Waals surface area contributed by atoms with Gasteiger partial charge in [0.15, 0.2) is 0 Å². The second-order valence-corrected chi connectivity index (χ2v) is 7.02. The third-order valence-electron chi connectivity index (χ3n) is 3.49. The van der Waals surface area contributed by atoms with Gasteiger partial charge in [-0.05, 0) is 18.8 Å². The summed E-state index contributed by atoms with van der Waals surface area (Å²) in [7, 11) is 0. The van der Waals surface area contributed by atoms with Crippen LogP contribution in [0.1, 0.15) is 52.9 Å². The van der Waals surface area contributed by atoms with E-state index in [1.54, 1.807) is 0 Å². The van der Waals surface area contributed by atoms with E-state index in [-0.39, 0.29) is 5.41 Å². The molecule has 1 unspecified atom stereocenters. The van der Waals surface area contributed by atoms with Crippen molar-refractivity contribution >= 4 is 17.4 Å². The van der Waals surface area contributed by atoms with Crippen molar-refractivity contribution in [2.45, 2.75) is 53.9 Å². The van der Waals surface area contributed by atoms with Crippen LogP contribution < -0.4 is 5.32 Å². The Balaban J connectivity index is 2.97. The Kier molecular flexibility index (Phi) is 5.19. The van der Waals surface area contributed by atoms with Crippen molar-refractivity contribution in [1.29, 1.82) is 0 Å². The van der Waals surface area contributed by atoms with Gasteiger partial charge in [0.05, 0.1) is 0 Å². The molecule has 108 valence electrons. The molecule has 0 saturated carbocycles. The zero-order chi connectivity index (χ0) is 14.8. The maximum Gasteiger partial charge on any atom is 0.137 e. The maximum atomic E-state index is 6.21. The molecule has 0 aromatic carbocycles. The Labute approximate surface area is 122 Å². The topological polar surface area (TPSA) is 37.8 Å². The highest BCUT2D eigenvalue weighted by atomic mass is 35.5. The average Bonchev–Trinajstić information content (AvgIpc) is 2.28. The lowest BCUT2D eigenvalue weighted by molar-refractivity contribution is 0.439. The van der Waals surface area contributed by atoms with Crippen molar-refractivity contribution in [3.63, 3.8) is 0 Å². The molecule has 1 heterocycles. The normalized spacial score (nSPS) is 13.7. The average molecular weight is 284 g/mol. The van der Waals surface area contributed by atoms with Gasteiger partial charge >= 0.3 is 0 Å². The van der Waals surface area contributed by atoms with Crippen molar-refractivity contribution in [1.82, 2.24) is 9.97 Å². The third kappa shape index (κ3) is 4.34. The van der Waals surface area contributed by atoms with Gasteiger partial charge < -0.3 is 5.32 Å². The summed E-state index contributed by atoms with van der Waals surface area (Å²) in [5.74, 6) is 2.87. The lowest BCUT2D eigenvalue weighted by atomic mass is 9.95. The molecule has 0 fully saturated rings. The van der Waals surface area contributed by atoms with Crippen LogP contribution in [0.25, 0.3) is 0 Å². The molecular formula is C15H26ClN3. The van der Waals surface area contributed by atoms with Crippen LogP contribution in [0.2, 0.25) is 5.15 Å². The smallest absolute Gasteiger partial charge is 0.137 e. The van der Waals surface area contributed by atoms with Crippen molar-refractivity contribution < 1.29 is 0 Å². The van der Waals surface area contributed by atoms with Crippen LogP contribution in [0.5, 0.6) is 0 Å². The summed E-state index contributed by atoms with van der Waals surface area (Å²) in [6.45, 7) is 15.8. The summed E-state index contributed by atoms with van der Waals surface area (Å²) in [5, 5.41) is 3.95. The van der Waals surface area contributed by atoms with Gasteiger partial charge in [-0.1, -0.05) is 53.1 Å². The summed E-state index contributed by atoms with van der Waals surface area (Å²) in [6, 6.07) is 0. The fourth-order valence-electron chi connectivity index (χ4n) is 1.49. The maximum absolute atomic E-state index is 6.21. The van der Waals surface area contributed by atoms with Crippen molar-refractivity contribution in [2.75, 3.05) is 11.9 Å². The van der Waals surface area contributed by atoms with Gasteiger partial charge in [-0.3, -0.25) is 0 Å². The fraction of sp³-hybridized carbons (Fsp3) is 0.733. The lowest BCUT2D eigenvalue weighted by Crippen LogP contribution is -2.21. The first-order valence-corrected chi connectivity index (χ1v) is 7.29. The number of rotatable bonds is 4. The molecule has 0 saturated heterocycles. The predicted octanol–water partition coefficient (Wildman–Crippen LogP) is 4.44. The van der Waals surface area contributed by atoms with Crippen molar-refractivity contribution in [3.05, 3.63) is 16.5 Å². The molecular weight excluding hydrogens is 258 g/mol. The van der Waals surface area contributed by atoms with Crippen LogP contribution in [-0.4, -0.2) is 16.5 Å². The largest absolute Gasteiger partial charge is 0.369 e. The zero-order valence-electron chi connectivity index (χ0n) is 13.1. The Morgan fingerprint density at radius 1 is 1.16 bits per heavy atom. The molecule has 19 heavy (non-hydrogen) atoms. The molecule has 0 radical (unpaired) electrons. The van der Waals surface area contributed by atoms with Gasteiger partial charge in [0.25, 0.3) is 0 Å². The van der Waals surface area contributed by atoms with E-state index in [0.717, 1.165) is 23.8 Å². The highest BCUT2D eigenvalue weighted by Crippen LogP contribution is 2.26. The van der Waals surface area contributed by atoms with E-state index in [9.17, 15) is 0 Å². The van der Waals surface area contributed by atoms with Crippen LogP contribution >= 0.6 is 11.6 Å². The molecule has 0 aliphatic rings. The molecule has 0 spiro atoms. The van der Waals surface area contributed by atoms with E-state index in [2.05, 4.69) is 56.8 Å². The van der Waals surface area contributed by atoms with E-state index >= 15 is 0 Å². The Morgan fingerprint density at radius 2 is 1.74 bits per heavy atom. The van der Waals surface area contributed by atoms with Crippen LogP contribution in [-0.2, 0) is 5.41 Å². The Morgan fingerprint density at radius 3 is 2.21 bits per heavy atom. The van der Waals surface area contributed by atoms with Gasteiger partial charge in [-0.15, -0.1) is 0 Å². The van der Waals surface area contributed by atoms with Gasteiger partial charge in [0, 0.05) is 17.5 Å². The minimum Gasteiger partial charge on any atom is -0.369 e. The van der Waals surface area contributed by atoms with E-state index in [1.807, 2.05) is 6.92 Å². The van der Waals surface area contributed by atoms with E-state index in [4.69, 9.17) is 11.6 Å². The van der Waals surface area contributed by atoms with Crippen molar-refractivity contribution in [3.8, 4) is 0 Å². The molecule has 3 nitrogen and oxygen atoms in total. The molecule has 1 rings (SSSR count). The van der Waals surface area contributed by atoms with Crippen LogP contribution in [0.4, 0.5) is 5.82 Å². The quantitative estimate of drug-likeness (QED) is 0.830. The molecule has 0 bridgehead atoms. The molecule has 1 N–H and O–H groups in total. The SMILES string of the molecule is Cc1c(Cl)nc(C(C)(C)C)nc1NCC(C)C(C)C. The zero-order valence-corrected chi connectivity index (χ0v) is 13.9. The number of aromatic nitrogens is 2. The van der Waals surface area contributed by atoms with E-state index in [0.29, 0.717) is 17.0 Å². The van der Waals surface area contributed by atoms with Gasteiger partial charge in [-0.2, -0.15) is 0 Å². The number of halogens is 1. The predicted molar refractivity (Wildman–Crippen MR) is 83.0 cm³/mol. The number of anilines is 1. The van der Waals surface area contributed by atoms with Crippen LogP contribution in [0.15, 0.2) is 0 Å².